The van der Waals surface area contributed by atoms with Crippen LogP contribution in [-0.4, -0.2) is 11.7 Å². The summed E-state index contributed by atoms with van der Waals surface area (Å²) in [6.07, 6.45) is 1.11. The van der Waals surface area contributed by atoms with Crippen LogP contribution in [0.4, 0.5) is 4.79 Å². The number of rotatable bonds is 3. The molecule has 0 spiro atoms. The second-order valence-electron chi connectivity index (χ2n) is 5.68. The van der Waals surface area contributed by atoms with Crippen LogP contribution in [0, 0.1) is 0 Å². The molecule has 1 N–H and O–H groups in total. The monoisotopic (exact) mass is 285 g/mol. The number of carbonyl (C=O) groups excluding carboxylic acids is 1. The van der Waals surface area contributed by atoms with Crippen molar-refractivity contribution in [2.24, 2.45) is 0 Å². The van der Waals surface area contributed by atoms with E-state index in [1.54, 1.807) is 6.08 Å². The molecule has 0 radical (unpaired) electrons. The number of carbonyl (C=O) groups is 1. The molecule has 110 valence electrons. The number of alkyl carbamates (subject to hydrolysis) is 1. The predicted octanol–water partition coefficient (Wildman–Crippen LogP) is 4.34. The van der Waals surface area contributed by atoms with Crippen molar-refractivity contribution < 1.29 is 13.9 Å². The van der Waals surface area contributed by atoms with Gasteiger partial charge in [-0.3, -0.25) is 0 Å². The number of furan rings is 1. The summed E-state index contributed by atoms with van der Waals surface area (Å²) in [5.41, 5.74) is 2.88. The van der Waals surface area contributed by atoms with Crippen LogP contribution in [0.2, 0.25) is 0 Å². The van der Waals surface area contributed by atoms with E-state index in [0.29, 0.717) is 5.76 Å². The number of para-hydroxylation sites is 1. The lowest BCUT2D eigenvalue weighted by molar-refractivity contribution is 0.0509. The highest BCUT2D eigenvalue weighted by Gasteiger charge is 2.21. The van der Waals surface area contributed by atoms with Crippen LogP contribution in [0.1, 0.15) is 32.6 Å². The largest absolute Gasteiger partial charge is 0.459 e. The third-order valence-corrected chi connectivity index (χ3v) is 2.71. The van der Waals surface area contributed by atoms with Crippen LogP contribution in [0.3, 0.4) is 0 Å². The van der Waals surface area contributed by atoms with E-state index in [9.17, 15) is 4.79 Å². The summed E-state index contributed by atoms with van der Waals surface area (Å²) in [5, 5.41) is 3.71. The van der Waals surface area contributed by atoms with E-state index < -0.39 is 17.7 Å². The lowest BCUT2D eigenvalue weighted by Gasteiger charge is -2.21. The minimum atomic E-state index is -0.555. The third-order valence-electron chi connectivity index (χ3n) is 2.71. The smallest absolute Gasteiger partial charge is 0.408 e. The van der Waals surface area contributed by atoms with Crippen molar-refractivity contribution in [3.63, 3.8) is 0 Å². The normalized spacial score (nSPS) is 12.5. The average Bonchev–Trinajstić information content (AvgIpc) is 2.79. The van der Waals surface area contributed by atoms with E-state index in [1.807, 2.05) is 51.1 Å². The molecule has 0 aliphatic rings. The first-order valence-corrected chi connectivity index (χ1v) is 6.73. The molecule has 1 atom stereocenters. The molecule has 21 heavy (non-hydrogen) atoms. The molecule has 1 aromatic heterocycles. The Bertz CT molecular complexity index is 654. The first-order chi connectivity index (χ1) is 9.89. The van der Waals surface area contributed by atoms with Crippen molar-refractivity contribution in [3.8, 4) is 0 Å². The molecule has 2 rings (SSSR count). The summed E-state index contributed by atoms with van der Waals surface area (Å²) in [6.45, 7) is 8.98. The van der Waals surface area contributed by atoms with E-state index in [1.165, 1.54) is 0 Å². The Morgan fingerprint density at radius 2 is 2.14 bits per heavy atom. The Balaban J connectivity index is 2.22. The SMILES string of the molecule is C=C=C[C@@H](NC(=O)OC(C)(C)C)c1cc2ccccc2o1. The predicted molar refractivity (Wildman–Crippen MR) is 82.0 cm³/mol. The number of amides is 1. The Hall–Kier alpha value is -2.45. The molecule has 4 nitrogen and oxygen atoms in total. The molecular formula is C17H19NO3. The Kier molecular flexibility index (Phi) is 4.20. The van der Waals surface area contributed by atoms with Gasteiger partial charge < -0.3 is 14.5 Å². The molecule has 0 aliphatic heterocycles. The Labute approximate surface area is 124 Å². The van der Waals surface area contributed by atoms with Crippen molar-refractivity contribution in [3.05, 3.63) is 54.5 Å². The van der Waals surface area contributed by atoms with E-state index in [0.717, 1.165) is 11.0 Å². The molecule has 0 bridgehead atoms. The molecule has 0 aliphatic carbocycles. The average molecular weight is 285 g/mol. The van der Waals surface area contributed by atoms with Gasteiger partial charge in [0.25, 0.3) is 0 Å². The second-order valence-corrected chi connectivity index (χ2v) is 5.68. The fourth-order valence-corrected chi connectivity index (χ4v) is 1.90. The van der Waals surface area contributed by atoms with Gasteiger partial charge in [-0.2, -0.15) is 0 Å². The lowest BCUT2D eigenvalue weighted by Crippen LogP contribution is -2.34. The van der Waals surface area contributed by atoms with Crippen LogP contribution >= 0.6 is 0 Å². The molecule has 1 aromatic carbocycles. The summed E-state index contributed by atoms with van der Waals surface area (Å²) in [5.74, 6) is 0.609. The first-order valence-electron chi connectivity index (χ1n) is 6.73. The summed E-state index contributed by atoms with van der Waals surface area (Å²) in [4.78, 5) is 11.9. The molecule has 0 saturated carbocycles. The molecule has 0 unspecified atom stereocenters. The van der Waals surface area contributed by atoms with E-state index in [4.69, 9.17) is 9.15 Å². The quantitative estimate of drug-likeness (QED) is 0.853. The zero-order chi connectivity index (χ0) is 15.5. The van der Waals surface area contributed by atoms with Crippen molar-refractivity contribution in [2.75, 3.05) is 0 Å². The number of ether oxygens (including phenoxy) is 1. The van der Waals surface area contributed by atoms with Crippen LogP contribution in [0.5, 0.6) is 0 Å². The highest BCUT2D eigenvalue weighted by molar-refractivity contribution is 5.78. The molecule has 0 fully saturated rings. The van der Waals surface area contributed by atoms with E-state index in [2.05, 4.69) is 17.6 Å². The fourth-order valence-electron chi connectivity index (χ4n) is 1.90. The minimum absolute atomic E-state index is 0.468. The van der Waals surface area contributed by atoms with Gasteiger partial charge >= 0.3 is 6.09 Å². The van der Waals surface area contributed by atoms with Crippen LogP contribution in [-0.2, 0) is 4.74 Å². The van der Waals surface area contributed by atoms with Crippen LogP contribution in [0.25, 0.3) is 11.0 Å². The molecule has 0 saturated heterocycles. The highest BCUT2D eigenvalue weighted by atomic mass is 16.6. The van der Waals surface area contributed by atoms with Crippen LogP contribution in [0.15, 0.2) is 53.1 Å². The molecule has 1 heterocycles. The number of benzene rings is 1. The molecule has 1 amide bonds. The maximum atomic E-state index is 11.9. The van der Waals surface area contributed by atoms with E-state index in [-0.39, 0.29) is 0 Å². The Morgan fingerprint density at radius 3 is 2.76 bits per heavy atom. The van der Waals surface area contributed by atoms with Gasteiger partial charge in [0, 0.05) is 5.39 Å². The van der Waals surface area contributed by atoms with Crippen molar-refractivity contribution in [1.29, 1.82) is 0 Å². The molecule has 2 aromatic rings. The minimum Gasteiger partial charge on any atom is -0.459 e. The summed E-state index contributed by atoms with van der Waals surface area (Å²) < 4.78 is 11.0. The summed E-state index contributed by atoms with van der Waals surface area (Å²) in [6, 6.07) is 9.07. The maximum absolute atomic E-state index is 11.9. The van der Waals surface area contributed by atoms with E-state index >= 15 is 0 Å². The zero-order valence-electron chi connectivity index (χ0n) is 12.5. The molecular weight excluding hydrogens is 266 g/mol. The van der Waals surface area contributed by atoms with Gasteiger partial charge in [-0.05, 0) is 39.0 Å². The number of hydrogen-bond donors (Lipinski definition) is 1. The molecule has 4 heteroatoms. The van der Waals surface area contributed by atoms with Gasteiger partial charge in [0.05, 0.1) is 0 Å². The van der Waals surface area contributed by atoms with Crippen LogP contribution < -0.4 is 5.32 Å². The zero-order valence-corrected chi connectivity index (χ0v) is 12.5. The Morgan fingerprint density at radius 1 is 1.43 bits per heavy atom. The summed E-state index contributed by atoms with van der Waals surface area (Å²) in [7, 11) is 0. The van der Waals surface area contributed by atoms with Gasteiger partial charge in [-0.25, -0.2) is 4.79 Å². The highest BCUT2D eigenvalue weighted by Crippen LogP contribution is 2.24. The van der Waals surface area contributed by atoms with Crippen molar-refractivity contribution >= 4 is 17.1 Å². The topological polar surface area (TPSA) is 51.5 Å². The fraction of sp³-hybridized carbons (Fsp3) is 0.294. The van der Waals surface area contributed by atoms with Gasteiger partial charge in [-0.1, -0.05) is 24.8 Å². The lowest BCUT2D eigenvalue weighted by atomic mass is 10.2. The standard InChI is InChI=1S/C17H19NO3/c1-5-8-13(18-16(19)21-17(2,3)4)15-11-12-9-6-7-10-14(12)20-15/h6-11,13H,1H2,2-4H3,(H,18,19)/t13-/m1/s1. The first kappa shape index (κ1) is 14.9. The van der Waals surface area contributed by atoms with Gasteiger partial charge in [0.1, 0.15) is 23.0 Å². The maximum Gasteiger partial charge on any atom is 0.408 e. The third kappa shape index (κ3) is 4.01. The van der Waals surface area contributed by atoms with Crippen molar-refractivity contribution in [2.45, 2.75) is 32.4 Å². The second kappa shape index (κ2) is 5.90. The van der Waals surface area contributed by atoms with Gasteiger partial charge in [-0.15, -0.1) is 5.73 Å². The number of nitrogens with one attached hydrogen (secondary N) is 1. The van der Waals surface area contributed by atoms with Gasteiger partial charge in [0.15, 0.2) is 0 Å². The number of fused-ring (bicyclic) bond motifs is 1. The number of hydrogen-bond acceptors (Lipinski definition) is 3. The summed E-state index contributed by atoms with van der Waals surface area (Å²) >= 11 is 0. The van der Waals surface area contributed by atoms with Gasteiger partial charge in [0.2, 0.25) is 0 Å². The van der Waals surface area contributed by atoms with Crippen molar-refractivity contribution in [1.82, 2.24) is 5.32 Å².